The van der Waals surface area contributed by atoms with Crippen LogP contribution in [0.25, 0.3) is 21.8 Å². The second-order valence-electron chi connectivity index (χ2n) is 28.9. The van der Waals surface area contributed by atoms with E-state index in [2.05, 4.69) is 38.6 Å². The van der Waals surface area contributed by atoms with E-state index in [4.69, 9.17) is 28.4 Å². The van der Waals surface area contributed by atoms with E-state index in [9.17, 15) is 57.5 Å². The van der Waals surface area contributed by atoms with Crippen molar-refractivity contribution >= 4 is 92.8 Å². The van der Waals surface area contributed by atoms with Gasteiger partial charge in [-0.15, -0.1) is 0 Å². The number of cyclic esters (lactones) is 3. The SMILES string of the molecule is CCCC(=O)CCC.CCCC1(CCC)CC(=O)CC(=O)O1.CCCC1(CCC)CC(=O)CC(=O)O1.CCCC1(CCC)CC2=C(C(=O)O1)C(c1cccc3[nH]ccc13)C(C(=O)OCC)=C(COC(C)(C)C)N2.CCOC(=O)CC(=O)COC(C)(C)C.COC(=O)CC(C)=O.O=Cc1cccc2[nH]ccc12. The monoisotopic (exact) mass is 1480 g/mol. The maximum absolute atomic E-state index is 13.9. The summed E-state index contributed by atoms with van der Waals surface area (Å²) in [6.45, 7) is 33.5. The summed E-state index contributed by atoms with van der Waals surface area (Å²) in [4.78, 5) is 142. The lowest BCUT2D eigenvalue weighted by Gasteiger charge is -2.43. The molecular formula is C83H123N3O20. The zero-order valence-corrected chi connectivity index (χ0v) is 66.7. The lowest BCUT2D eigenvalue weighted by molar-refractivity contribution is -0.174. The van der Waals surface area contributed by atoms with Crippen LogP contribution in [0.15, 0.2) is 83.5 Å². The number of hydrogen-bond acceptors (Lipinski definition) is 21. The number of dihydropyridines is 1. The number of rotatable bonds is 29. The van der Waals surface area contributed by atoms with E-state index in [1.165, 1.54) is 14.0 Å². The van der Waals surface area contributed by atoms with Crippen molar-refractivity contribution in [1.82, 2.24) is 15.3 Å². The summed E-state index contributed by atoms with van der Waals surface area (Å²) in [5, 5.41) is 5.42. The molecule has 2 aromatic heterocycles. The molecule has 4 aromatic rings. The molecule has 6 heterocycles. The number of aldehydes is 1. The summed E-state index contributed by atoms with van der Waals surface area (Å²) < 4.78 is 42.7. The van der Waals surface area contributed by atoms with Gasteiger partial charge in [0.1, 0.15) is 72.2 Å². The van der Waals surface area contributed by atoms with Crippen LogP contribution in [0.2, 0.25) is 0 Å². The minimum Gasteiger partial charge on any atom is -0.469 e. The predicted octanol–water partition coefficient (Wildman–Crippen LogP) is 16.1. The van der Waals surface area contributed by atoms with Gasteiger partial charge < -0.3 is 53.2 Å². The zero-order valence-electron chi connectivity index (χ0n) is 66.7. The van der Waals surface area contributed by atoms with Crippen molar-refractivity contribution in [2.24, 2.45) is 0 Å². The maximum atomic E-state index is 13.9. The van der Waals surface area contributed by atoms with Gasteiger partial charge in [0.2, 0.25) is 0 Å². The van der Waals surface area contributed by atoms with E-state index < -0.39 is 46.2 Å². The van der Waals surface area contributed by atoms with Gasteiger partial charge in [0.15, 0.2) is 12.1 Å². The first-order valence-electron chi connectivity index (χ1n) is 37.8. The quantitative estimate of drug-likeness (QED) is 0.0197. The van der Waals surface area contributed by atoms with Crippen LogP contribution in [0.5, 0.6) is 0 Å². The number of ether oxygens (including phenoxy) is 8. The summed E-state index contributed by atoms with van der Waals surface area (Å²) in [7, 11) is 1.26. The Balaban J connectivity index is 0.000000462. The van der Waals surface area contributed by atoms with Crippen LogP contribution in [0.3, 0.4) is 0 Å². The average molecular weight is 1480 g/mol. The molecule has 3 N–H and O–H groups in total. The van der Waals surface area contributed by atoms with Gasteiger partial charge in [-0.3, -0.25) is 47.9 Å². The van der Waals surface area contributed by atoms with Gasteiger partial charge >= 0.3 is 35.8 Å². The molecule has 2 fully saturated rings. The second kappa shape index (κ2) is 47.3. The predicted molar refractivity (Wildman–Crippen MR) is 407 cm³/mol. The van der Waals surface area contributed by atoms with Crippen LogP contribution in [-0.2, 0) is 90.6 Å². The number of H-pyrrole nitrogens is 2. The van der Waals surface area contributed by atoms with Gasteiger partial charge in [0.25, 0.3) is 0 Å². The van der Waals surface area contributed by atoms with Gasteiger partial charge in [0, 0.05) is 77.6 Å². The van der Waals surface area contributed by atoms with Gasteiger partial charge in [-0.1, -0.05) is 118 Å². The Morgan fingerprint density at radius 2 is 1.01 bits per heavy atom. The van der Waals surface area contributed by atoms with Crippen molar-refractivity contribution in [1.29, 1.82) is 0 Å². The van der Waals surface area contributed by atoms with E-state index >= 15 is 0 Å². The molecule has 0 saturated carbocycles. The van der Waals surface area contributed by atoms with E-state index in [1.54, 1.807) is 13.8 Å². The lowest BCUT2D eigenvalue weighted by Crippen LogP contribution is -2.47. The third-order valence-corrected chi connectivity index (χ3v) is 17.0. The molecule has 0 aliphatic carbocycles. The van der Waals surface area contributed by atoms with E-state index in [-0.39, 0.29) is 92.1 Å². The van der Waals surface area contributed by atoms with Crippen molar-refractivity contribution in [2.75, 3.05) is 33.5 Å². The number of carbonyl (C=O) groups is 12. The maximum Gasteiger partial charge on any atom is 0.337 e. The van der Waals surface area contributed by atoms with Gasteiger partial charge in [-0.25, -0.2) is 9.59 Å². The van der Waals surface area contributed by atoms with Crippen molar-refractivity contribution in [3.05, 3.63) is 94.6 Å². The molecule has 0 radical (unpaired) electrons. The molecular weight excluding hydrogens is 1360 g/mol. The molecule has 2 aromatic carbocycles. The highest BCUT2D eigenvalue weighted by molar-refractivity contribution is 6.03. The molecule has 0 bridgehead atoms. The highest BCUT2D eigenvalue weighted by Gasteiger charge is 2.49. The third-order valence-electron chi connectivity index (χ3n) is 17.0. The Bertz CT molecular complexity index is 3480. The smallest absolute Gasteiger partial charge is 0.337 e. The molecule has 4 aliphatic rings. The van der Waals surface area contributed by atoms with Crippen LogP contribution >= 0.6 is 0 Å². The summed E-state index contributed by atoms with van der Waals surface area (Å²) in [6.07, 6.45) is 19.5. The third kappa shape index (κ3) is 32.7. The normalized spacial score (nSPS) is 16.1. The standard InChI is InChI=1S/C30H40N2O5.2C11H18O3.C10H18O4.C9H7NO.C7H14O.C5H8O3/c1-7-14-30(15-8-2)17-22-25(28(34)37-30)24(20-11-10-12-21-19(20)13-16-31-21)26(27(33)35-9-3)23(32-22)18-36-29(4,5)6;2*1-3-5-11(6-4-2)8-9(12)7-10(13)14-11;1-5-13-9(12)6-8(11)7-14-10(2,3)4;11-6-7-2-1-3-9-8(7)4-5-10-9;1-3-5-7(8)6-4-2;1-4(6)3-5(7)8-2/h10-13,16,24,31-32H,7-9,14-15,17-18H2,1-6H3;2*3-8H2,1-2H3;5-7H2,1-4H3;1-6,10H;3-6H2,1-2H3;3H2,1-2H3. The van der Waals surface area contributed by atoms with E-state index in [0.29, 0.717) is 48.5 Å². The first-order valence-corrected chi connectivity index (χ1v) is 37.8. The van der Waals surface area contributed by atoms with Crippen LogP contribution in [0, 0.1) is 0 Å². The molecule has 590 valence electrons. The fourth-order valence-electron chi connectivity index (χ4n) is 13.0. The first-order chi connectivity index (χ1) is 50.1. The van der Waals surface area contributed by atoms with Crippen molar-refractivity contribution in [3.8, 4) is 0 Å². The number of ketones is 5. The number of nitrogens with one attached hydrogen (secondary N) is 3. The Morgan fingerprint density at radius 3 is 1.42 bits per heavy atom. The molecule has 8 rings (SSSR count). The minimum atomic E-state index is -0.637. The summed E-state index contributed by atoms with van der Waals surface area (Å²) in [6, 6.07) is 15.4. The molecule has 1 unspecified atom stereocenters. The topological polar surface area (TPSA) is 322 Å². The summed E-state index contributed by atoms with van der Waals surface area (Å²) in [5.41, 5.74) is 3.59. The number of methoxy groups -OCH3 is 1. The molecule has 23 heteroatoms. The van der Waals surface area contributed by atoms with Crippen LogP contribution < -0.4 is 5.32 Å². The molecule has 1 atom stereocenters. The fourth-order valence-corrected chi connectivity index (χ4v) is 13.0. The fraction of sp³-hybridized carbons (Fsp3) is 0.614. The largest absolute Gasteiger partial charge is 0.469 e. The van der Waals surface area contributed by atoms with Gasteiger partial charge in [-0.2, -0.15) is 0 Å². The number of aromatic amines is 2. The average Bonchev–Trinajstić information content (AvgIpc) is 1.30. The molecule has 0 amide bonds. The second-order valence-corrected chi connectivity index (χ2v) is 28.9. The number of esters is 6. The lowest BCUT2D eigenvalue weighted by atomic mass is 9.75. The molecule has 2 saturated heterocycles. The van der Waals surface area contributed by atoms with Crippen molar-refractivity contribution in [2.45, 2.75) is 299 Å². The molecule has 0 spiro atoms. The highest BCUT2D eigenvalue weighted by Crippen LogP contribution is 2.48. The van der Waals surface area contributed by atoms with Gasteiger partial charge in [0.05, 0.1) is 60.9 Å². The zero-order chi connectivity index (χ0) is 79.8. The van der Waals surface area contributed by atoms with Crippen molar-refractivity contribution < 1.29 is 95.4 Å². The summed E-state index contributed by atoms with van der Waals surface area (Å²) >= 11 is 0. The Kier molecular flexibility index (Phi) is 41.8. The highest BCUT2D eigenvalue weighted by atomic mass is 16.6. The van der Waals surface area contributed by atoms with E-state index in [0.717, 1.165) is 148 Å². The van der Waals surface area contributed by atoms with Gasteiger partial charge in [-0.05, 0) is 144 Å². The molecule has 106 heavy (non-hydrogen) atoms. The first kappa shape index (κ1) is 93.6. The number of carbonyl (C=O) groups excluding carboxylic acids is 12. The van der Waals surface area contributed by atoms with Crippen molar-refractivity contribution in [3.63, 3.8) is 0 Å². The summed E-state index contributed by atoms with van der Waals surface area (Å²) in [5.74, 6) is -3.07. The molecule has 23 nitrogen and oxygen atoms in total. The number of benzene rings is 2. The molecule has 4 aliphatic heterocycles. The Labute approximate surface area is 628 Å². The van der Waals surface area contributed by atoms with Crippen LogP contribution in [0.1, 0.15) is 287 Å². The Morgan fingerprint density at radius 1 is 0.547 bits per heavy atom. The van der Waals surface area contributed by atoms with E-state index in [1.807, 2.05) is 144 Å². The number of Topliss-reactive ketones (excluding diaryl/α,β-unsaturated/α-hetero) is 5. The van der Waals surface area contributed by atoms with Crippen LogP contribution in [-0.4, -0.2) is 143 Å². The number of fused-ring (bicyclic) bond motifs is 2. The number of hydrogen-bond donors (Lipinski definition) is 3. The number of aromatic nitrogens is 2. The van der Waals surface area contributed by atoms with Crippen LogP contribution in [0.4, 0.5) is 0 Å². The Hall–Kier alpha value is -8.44. The minimum absolute atomic E-state index is 0.0307.